The van der Waals surface area contributed by atoms with Gasteiger partial charge in [-0.2, -0.15) is 0 Å². The van der Waals surface area contributed by atoms with Crippen LogP contribution in [0.2, 0.25) is 0 Å². The second kappa shape index (κ2) is 5.28. The lowest BCUT2D eigenvalue weighted by atomic mass is 10.2. The molecule has 3 rings (SSSR count). The van der Waals surface area contributed by atoms with Crippen LogP contribution in [-0.2, 0) is 4.79 Å². The van der Waals surface area contributed by atoms with Gasteiger partial charge in [-0.3, -0.25) is 10.1 Å². The summed E-state index contributed by atoms with van der Waals surface area (Å²) in [7, 11) is 0. The highest BCUT2D eigenvalue weighted by Gasteiger charge is 2.42. The molecule has 0 saturated carbocycles. The molecular formula is C10H10ClF2N3OS2. The third kappa shape index (κ3) is 3.02. The molecule has 3 heterocycles. The average Bonchev–Trinajstić information content (AvgIpc) is 2.91. The topological polar surface area (TPSA) is 54.0 Å². The molecule has 4 nitrogen and oxygen atoms in total. The highest BCUT2D eigenvalue weighted by molar-refractivity contribution is 7.39. The molecule has 2 aromatic rings. The van der Waals surface area contributed by atoms with E-state index in [1.807, 2.05) is 11.4 Å². The number of carbonyl (C=O) groups is 1. The van der Waals surface area contributed by atoms with E-state index in [4.69, 9.17) is 0 Å². The summed E-state index contributed by atoms with van der Waals surface area (Å²) in [5.74, 6) is -3.25. The number of anilines is 1. The summed E-state index contributed by atoms with van der Waals surface area (Å²) in [4.78, 5) is 16.0. The second-order valence-corrected chi connectivity index (χ2v) is 6.27. The fraction of sp³-hybridized carbons (Fsp3) is 0.400. The van der Waals surface area contributed by atoms with Crippen LogP contribution in [0, 0.1) is 0 Å². The number of nitrogens with zero attached hydrogens (tertiary/aromatic N) is 1. The minimum absolute atomic E-state index is 0. The summed E-state index contributed by atoms with van der Waals surface area (Å²) in [6.45, 7) is -0.446. The minimum atomic E-state index is -2.80. The molecule has 2 aromatic heterocycles. The number of alkyl halides is 2. The first-order valence-corrected chi connectivity index (χ1v) is 6.99. The van der Waals surface area contributed by atoms with Crippen LogP contribution in [0.1, 0.15) is 6.42 Å². The van der Waals surface area contributed by atoms with Crippen molar-refractivity contribution in [3.05, 3.63) is 11.4 Å². The maximum absolute atomic E-state index is 13.0. The Hall–Kier alpha value is -0.830. The van der Waals surface area contributed by atoms with Crippen molar-refractivity contribution in [2.45, 2.75) is 18.4 Å². The Balaban J connectivity index is 0.00000133. The van der Waals surface area contributed by atoms with Gasteiger partial charge in [-0.05, 0) is 11.4 Å². The normalized spacial score (nSPS) is 21.3. The molecule has 0 bridgehead atoms. The van der Waals surface area contributed by atoms with E-state index in [0.29, 0.717) is 5.13 Å². The van der Waals surface area contributed by atoms with Crippen molar-refractivity contribution in [1.82, 2.24) is 10.3 Å². The van der Waals surface area contributed by atoms with Crippen LogP contribution in [0.15, 0.2) is 11.4 Å². The van der Waals surface area contributed by atoms with Gasteiger partial charge >= 0.3 is 0 Å². The number of hydrogen-bond acceptors (Lipinski definition) is 5. The maximum Gasteiger partial charge on any atom is 0.262 e. The number of halogens is 3. The van der Waals surface area contributed by atoms with Crippen LogP contribution >= 0.6 is 35.1 Å². The average molecular weight is 326 g/mol. The molecule has 0 radical (unpaired) electrons. The summed E-state index contributed by atoms with van der Waals surface area (Å²) in [6, 6.07) is 1.01. The van der Waals surface area contributed by atoms with Crippen molar-refractivity contribution < 1.29 is 13.6 Å². The van der Waals surface area contributed by atoms with Crippen LogP contribution in [0.4, 0.5) is 13.9 Å². The van der Waals surface area contributed by atoms with Gasteiger partial charge in [0.1, 0.15) is 4.01 Å². The number of carbonyl (C=O) groups excluding carboxylic acids is 1. The minimum Gasteiger partial charge on any atom is -0.301 e. The molecule has 19 heavy (non-hydrogen) atoms. The van der Waals surface area contributed by atoms with Crippen LogP contribution in [0.3, 0.4) is 0 Å². The lowest BCUT2D eigenvalue weighted by Gasteiger charge is -2.08. The number of fused-ring (bicyclic) bond motifs is 1. The molecule has 1 saturated heterocycles. The van der Waals surface area contributed by atoms with Crippen LogP contribution in [0.5, 0.6) is 0 Å². The van der Waals surface area contributed by atoms with Crippen LogP contribution in [0.25, 0.3) is 9.53 Å². The molecule has 2 N–H and O–H groups in total. The summed E-state index contributed by atoms with van der Waals surface area (Å²) in [6.07, 6.45) is -0.460. The smallest absolute Gasteiger partial charge is 0.262 e. The van der Waals surface area contributed by atoms with Gasteiger partial charge in [0.2, 0.25) is 5.91 Å². The molecule has 9 heteroatoms. The number of amides is 1. The molecule has 0 aliphatic carbocycles. The van der Waals surface area contributed by atoms with E-state index in [2.05, 4.69) is 15.6 Å². The number of thiophene rings is 1. The van der Waals surface area contributed by atoms with E-state index < -0.39 is 30.8 Å². The Morgan fingerprint density at radius 2 is 2.37 bits per heavy atom. The molecule has 104 valence electrons. The monoisotopic (exact) mass is 325 g/mol. The molecule has 1 aliphatic heterocycles. The van der Waals surface area contributed by atoms with E-state index in [1.54, 1.807) is 0 Å². The van der Waals surface area contributed by atoms with E-state index in [1.165, 1.54) is 22.7 Å². The number of thiazole rings is 1. The first kappa shape index (κ1) is 14.6. The van der Waals surface area contributed by atoms with Crippen molar-refractivity contribution in [1.29, 1.82) is 0 Å². The highest BCUT2D eigenvalue weighted by Crippen LogP contribution is 2.31. The second-order valence-electron chi connectivity index (χ2n) is 4.10. The predicted molar refractivity (Wildman–Crippen MR) is 74.7 cm³/mol. The van der Waals surface area contributed by atoms with E-state index in [-0.39, 0.29) is 12.4 Å². The SMILES string of the molecule is Cl.O=C(Nc1nc2ccsc2s1)C1CC(F)(F)CN1. The fourth-order valence-corrected chi connectivity index (χ4v) is 3.66. The highest BCUT2D eigenvalue weighted by atomic mass is 35.5. The molecule has 1 amide bonds. The lowest BCUT2D eigenvalue weighted by Crippen LogP contribution is -2.35. The third-order valence-electron chi connectivity index (χ3n) is 2.68. The van der Waals surface area contributed by atoms with Gasteiger partial charge < -0.3 is 5.32 Å². The van der Waals surface area contributed by atoms with E-state index >= 15 is 0 Å². The molecule has 0 spiro atoms. The van der Waals surface area contributed by atoms with Gasteiger partial charge in [0, 0.05) is 6.42 Å². The Kier molecular flexibility index (Phi) is 4.05. The van der Waals surface area contributed by atoms with E-state index in [0.717, 1.165) is 9.53 Å². The van der Waals surface area contributed by atoms with Crippen LogP contribution < -0.4 is 10.6 Å². The number of aromatic nitrogens is 1. The zero-order valence-corrected chi connectivity index (χ0v) is 11.9. The third-order valence-corrected chi connectivity index (χ3v) is 4.69. The van der Waals surface area contributed by atoms with Gasteiger partial charge in [0.15, 0.2) is 5.13 Å². The van der Waals surface area contributed by atoms with Crippen LogP contribution in [-0.4, -0.2) is 29.4 Å². The summed E-state index contributed by atoms with van der Waals surface area (Å²) >= 11 is 2.89. The molecule has 1 unspecified atom stereocenters. The van der Waals surface area contributed by atoms with Gasteiger partial charge in [-0.1, -0.05) is 11.3 Å². The molecule has 1 atom stereocenters. The van der Waals surface area contributed by atoms with Gasteiger partial charge in [-0.15, -0.1) is 23.7 Å². The zero-order valence-electron chi connectivity index (χ0n) is 9.48. The lowest BCUT2D eigenvalue weighted by molar-refractivity contribution is -0.118. The van der Waals surface area contributed by atoms with Gasteiger partial charge in [0.05, 0.1) is 18.1 Å². The summed E-state index contributed by atoms with van der Waals surface area (Å²) in [5.41, 5.74) is 0.824. The fourth-order valence-electron chi connectivity index (χ4n) is 1.81. The Morgan fingerprint density at radius 1 is 1.58 bits per heavy atom. The first-order valence-electron chi connectivity index (χ1n) is 5.30. The first-order chi connectivity index (χ1) is 8.53. The number of hydrogen-bond donors (Lipinski definition) is 2. The molecule has 1 aliphatic rings. The van der Waals surface area contributed by atoms with Crippen molar-refractivity contribution in [2.75, 3.05) is 11.9 Å². The largest absolute Gasteiger partial charge is 0.301 e. The standard InChI is InChI=1S/C10H9F2N3OS2.ClH/c11-10(12)3-6(13-4-10)7(16)15-9-14-5-1-2-17-8(5)18-9;/h1-2,6,13H,3-4H2,(H,14,15,16);1H. The quantitative estimate of drug-likeness (QED) is 0.892. The van der Waals surface area contributed by atoms with Crippen molar-refractivity contribution in [3.63, 3.8) is 0 Å². The number of rotatable bonds is 2. The number of nitrogens with one attached hydrogen (secondary N) is 2. The predicted octanol–water partition coefficient (Wildman–Crippen LogP) is 2.72. The van der Waals surface area contributed by atoms with Gasteiger partial charge in [0.25, 0.3) is 5.92 Å². The Labute approximate surface area is 121 Å². The molecule has 1 fully saturated rings. The molecule has 0 aromatic carbocycles. The zero-order chi connectivity index (χ0) is 12.8. The summed E-state index contributed by atoms with van der Waals surface area (Å²) < 4.78 is 26.9. The molecular weight excluding hydrogens is 316 g/mol. The van der Waals surface area contributed by atoms with Crippen molar-refractivity contribution >= 4 is 55.6 Å². The summed E-state index contributed by atoms with van der Waals surface area (Å²) in [5, 5.41) is 7.46. The Morgan fingerprint density at radius 3 is 3.00 bits per heavy atom. The van der Waals surface area contributed by atoms with E-state index in [9.17, 15) is 13.6 Å². The maximum atomic E-state index is 13.0. The van der Waals surface area contributed by atoms with Crippen molar-refractivity contribution in [2.24, 2.45) is 0 Å². The van der Waals surface area contributed by atoms with Crippen molar-refractivity contribution in [3.8, 4) is 0 Å². The van der Waals surface area contributed by atoms with Gasteiger partial charge in [-0.25, -0.2) is 13.8 Å². The Bertz CT molecular complexity index is 572.